The van der Waals surface area contributed by atoms with E-state index in [0.29, 0.717) is 17.2 Å². The van der Waals surface area contributed by atoms with Gasteiger partial charge in [-0.2, -0.15) is 0 Å². The maximum absolute atomic E-state index is 12.1. The van der Waals surface area contributed by atoms with Crippen molar-refractivity contribution in [1.29, 1.82) is 0 Å². The van der Waals surface area contributed by atoms with Crippen LogP contribution in [-0.4, -0.2) is 35.7 Å². The SMILES string of the molecule is Cc1ccc(C(=O)COC(=O)[C@@H]2CC(=O)N(Cc3ccco3)C2)s1. The number of rotatable bonds is 6. The maximum atomic E-state index is 12.1. The molecule has 0 saturated carbocycles. The zero-order valence-electron chi connectivity index (χ0n) is 13.2. The van der Waals surface area contributed by atoms with Crippen LogP contribution in [0.3, 0.4) is 0 Å². The van der Waals surface area contributed by atoms with Crippen molar-refractivity contribution in [3.05, 3.63) is 46.0 Å². The molecular formula is C17H17NO5S. The third kappa shape index (κ3) is 3.73. The fourth-order valence-electron chi connectivity index (χ4n) is 2.58. The summed E-state index contributed by atoms with van der Waals surface area (Å²) in [6, 6.07) is 7.10. The van der Waals surface area contributed by atoms with Gasteiger partial charge in [0.05, 0.1) is 23.6 Å². The van der Waals surface area contributed by atoms with Gasteiger partial charge in [0.2, 0.25) is 11.7 Å². The number of likely N-dealkylation sites (tertiary alicyclic amines) is 1. The number of carbonyl (C=O) groups excluding carboxylic acids is 3. The number of carbonyl (C=O) groups is 3. The predicted octanol–water partition coefficient (Wildman–Crippen LogP) is 2.42. The molecule has 2 aromatic heterocycles. The smallest absolute Gasteiger partial charge is 0.311 e. The maximum Gasteiger partial charge on any atom is 0.311 e. The third-order valence-electron chi connectivity index (χ3n) is 3.84. The highest BCUT2D eigenvalue weighted by molar-refractivity contribution is 7.14. The fraction of sp³-hybridized carbons (Fsp3) is 0.353. The number of thiophene rings is 1. The van der Waals surface area contributed by atoms with E-state index >= 15 is 0 Å². The second-order valence-corrected chi connectivity index (χ2v) is 6.98. The summed E-state index contributed by atoms with van der Waals surface area (Å²) in [5, 5.41) is 0. The number of esters is 1. The molecule has 24 heavy (non-hydrogen) atoms. The first kappa shape index (κ1) is 16.4. The molecule has 1 atom stereocenters. The molecule has 0 N–H and O–H groups in total. The second-order valence-electron chi connectivity index (χ2n) is 5.70. The number of ether oxygens (including phenoxy) is 1. The van der Waals surface area contributed by atoms with Crippen molar-refractivity contribution in [2.75, 3.05) is 13.2 Å². The highest BCUT2D eigenvalue weighted by Gasteiger charge is 2.35. The van der Waals surface area contributed by atoms with Crippen LogP contribution in [-0.2, 0) is 20.9 Å². The number of ketones is 1. The van der Waals surface area contributed by atoms with Crippen LogP contribution in [0.5, 0.6) is 0 Å². The monoisotopic (exact) mass is 347 g/mol. The van der Waals surface area contributed by atoms with Gasteiger partial charge >= 0.3 is 5.97 Å². The van der Waals surface area contributed by atoms with Crippen LogP contribution in [0.1, 0.15) is 26.7 Å². The Bertz CT molecular complexity index is 749. The molecule has 1 aliphatic rings. The fourth-order valence-corrected chi connectivity index (χ4v) is 3.38. The molecule has 6 nitrogen and oxygen atoms in total. The molecule has 1 aliphatic heterocycles. The largest absolute Gasteiger partial charge is 0.467 e. The Kier molecular flexibility index (Phi) is 4.80. The van der Waals surface area contributed by atoms with Gasteiger partial charge in [0.1, 0.15) is 5.76 Å². The summed E-state index contributed by atoms with van der Waals surface area (Å²) in [6.07, 6.45) is 1.64. The Balaban J connectivity index is 1.50. The van der Waals surface area contributed by atoms with E-state index in [1.807, 2.05) is 13.0 Å². The van der Waals surface area contributed by atoms with Crippen LogP contribution in [0.2, 0.25) is 0 Å². The van der Waals surface area contributed by atoms with Crippen LogP contribution in [0.25, 0.3) is 0 Å². The molecule has 0 unspecified atom stereocenters. The van der Waals surface area contributed by atoms with Crippen LogP contribution < -0.4 is 0 Å². The number of furan rings is 1. The molecule has 1 fully saturated rings. The molecule has 3 rings (SSSR count). The third-order valence-corrected chi connectivity index (χ3v) is 4.88. The Labute approximate surface area is 143 Å². The van der Waals surface area contributed by atoms with E-state index in [0.717, 1.165) is 4.88 Å². The van der Waals surface area contributed by atoms with Crippen molar-refractivity contribution in [2.45, 2.75) is 19.9 Å². The summed E-state index contributed by atoms with van der Waals surface area (Å²) in [7, 11) is 0. The number of hydrogen-bond donors (Lipinski definition) is 0. The van der Waals surface area contributed by atoms with Crippen LogP contribution >= 0.6 is 11.3 Å². The number of hydrogen-bond acceptors (Lipinski definition) is 6. The number of nitrogens with zero attached hydrogens (tertiary/aromatic N) is 1. The predicted molar refractivity (Wildman–Crippen MR) is 86.6 cm³/mol. The average molecular weight is 347 g/mol. The van der Waals surface area contributed by atoms with Crippen molar-refractivity contribution in [3.8, 4) is 0 Å². The van der Waals surface area contributed by atoms with E-state index in [9.17, 15) is 14.4 Å². The Morgan fingerprint density at radius 2 is 2.21 bits per heavy atom. The summed E-state index contributed by atoms with van der Waals surface area (Å²) < 4.78 is 10.3. The lowest BCUT2D eigenvalue weighted by molar-refractivity contribution is -0.147. The molecule has 0 bridgehead atoms. The first-order valence-electron chi connectivity index (χ1n) is 7.59. The first-order chi connectivity index (χ1) is 11.5. The van der Waals surface area contributed by atoms with E-state index in [-0.39, 0.29) is 31.3 Å². The standard InChI is InChI=1S/C17H17NO5S/c1-11-4-5-15(24-11)14(19)10-23-17(21)12-7-16(20)18(8-12)9-13-3-2-6-22-13/h2-6,12H,7-10H2,1H3/t12-/m1/s1. The lowest BCUT2D eigenvalue weighted by Crippen LogP contribution is -2.26. The van der Waals surface area contributed by atoms with E-state index in [2.05, 4.69) is 0 Å². The second kappa shape index (κ2) is 7.00. The van der Waals surface area contributed by atoms with E-state index in [4.69, 9.17) is 9.15 Å². The topological polar surface area (TPSA) is 76.8 Å². The lowest BCUT2D eigenvalue weighted by Gasteiger charge is -2.14. The Hall–Kier alpha value is -2.41. The summed E-state index contributed by atoms with van der Waals surface area (Å²) in [4.78, 5) is 39.2. The average Bonchev–Trinajstić information content (AvgIpc) is 3.28. The summed E-state index contributed by atoms with van der Waals surface area (Å²) in [5.74, 6) is -0.718. The van der Waals surface area contributed by atoms with Gasteiger partial charge in [-0.05, 0) is 31.2 Å². The van der Waals surface area contributed by atoms with Crippen LogP contribution in [0.15, 0.2) is 34.9 Å². The molecule has 3 heterocycles. The van der Waals surface area contributed by atoms with E-state index < -0.39 is 11.9 Å². The van der Waals surface area contributed by atoms with Crippen LogP contribution in [0.4, 0.5) is 0 Å². The van der Waals surface area contributed by atoms with Gasteiger partial charge in [0, 0.05) is 17.8 Å². The quantitative estimate of drug-likeness (QED) is 0.592. The van der Waals surface area contributed by atoms with Gasteiger partial charge in [0.25, 0.3) is 0 Å². The van der Waals surface area contributed by atoms with E-state index in [1.54, 1.807) is 29.4 Å². The Morgan fingerprint density at radius 3 is 2.88 bits per heavy atom. The lowest BCUT2D eigenvalue weighted by atomic mass is 10.1. The van der Waals surface area contributed by atoms with E-state index in [1.165, 1.54) is 11.3 Å². The van der Waals surface area contributed by atoms with Gasteiger partial charge in [0.15, 0.2) is 6.61 Å². The van der Waals surface area contributed by atoms with Gasteiger partial charge in [-0.25, -0.2) is 0 Å². The number of amides is 1. The van der Waals surface area contributed by atoms with Crippen LogP contribution in [0, 0.1) is 12.8 Å². The van der Waals surface area contributed by atoms with Crippen molar-refractivity contribution >= 4 is 29.0 Å². The van der Waals surface area contributed by atoms with Gasteiger partial charge in [-0.3, -0.25) is 14.4 Å². The molecular weight excluding hydrogens is 330 g/mol. The number of Topliss-reactive ketones (excluding diaryl/α,β-unsaturated/α-hetero) is 1. The molecule has 0 aromatic carbocycles. The molecule has 0 radical (unpaired) electrons. The van der Waals surface area contributed by atoms with Crippen molar-refractivity contribution in [2.24, 2.45) is 5.92 Å². The first-order valence-corrected chi connectivity index (χ1v) is 8.41. The summed E-state index contributed by atoms with van der Waals surface area (Å²) >= 11 is 1.37. The van der Waals surface area contributed by atoms with Crippen molar-refractivity contribution in [3.63, 3.8) is 0 Å². The van der Waals surface area contributed by atoms with Crippen molar-refractivity contribution in [1.82, 2.24) is 4.90 Å². The zero-order chi connectivity index (χ0) is 17.1. The highest BCUT2D eigenvalue weighted by atomic mass is 32.1. The number of aryl methyl sites for hydroxylation is 1. The zero-order valence-corrected chi connectivity index (χ0v) is 14.0. The summed E-state index contributed by atoms with van der Waals surface area (Å²) in [5.41, 5.74) is 0. The highest BCUT2D eigenvalue weighted by Crippen LogP contribution is 2.22. The van der Waals surface area contributed by atoms with Gasteiger partial charge in [-0.1, -0.05) is 0 Å². The minimum absolute atomic E-state index is 0.103. The molecule has 0 aliphatic carbocycles. The normalized spacial score (nSPS) is 17.3. The van der Waals surface area contributed by atoms with Crippen molar-refractivity contribution < 1.29 is 23.5 Å². The minimum Gasteiger partial charge on any atom is -0.467 e. The molecule has 2 aromatic rings. The molecule has 1 amide bonds. The molecule has 1 saturated heterocycles. The summed E-state index contributed by atoms with van der Waals surface area (Å²) in [6.45, 7) is 2.24. The molecule has 0 spiro atoms. The molecule has 7 heteroatoms. The molecule has 126 valence electrons. The van der Waals surface area contributed by atoms with Gasteiger partial charge in [-0.15, -0.1) is 11.3 Å². The minimum atomic E-state index is -0.537. The van der Waals surface area contributed by atoms with Gasteiger partial charge < -0.3 is 14.1 Å². The Morgan fingerprint density at radius 1 is 1.38 bits per heavy atom.